The Labute approximate surface area is 170 Å². The molecule has 4 aromatic rings. The summed E-state index contributed by atoms with van der Waals surface area (Å²) in [5.74, 6) is 0.192. The van der Waals surface area contributed by atoms with Crippen LogP contribution in [-0.2, 0) is 19.5 Å². The Morgan fingerprint density at radius 1 is 0.897 bits per heavy atom. The summed E-state index contributed by atoms with van der Waals surface area (Å²) in [6.45, 7) is 0.830. The van der Waals surface area contributed by atoms with Crippen molar-refractivity contribution < 1.29 is 9.13 Å². The number of hydrogen-bond donors (Lipinski definition) is 0. The van der Waals surface area contributed by atoms with E-state index >= 15 is 0 Å². The summed E-state index contributed by atoms with van der Waals surface area (Å²) in [5, 5.41) is 1.81. The van der Waals surface area contributed by atoms with Gasteiger partial charge >= 0.3 is 5.69 Å². The predicted molar refractivity (Wildman–Crippen MR) is 112 cm³/mol. The molecule has 4 rings (SSSR count). The van der Waals surface area contributed by atoms with E-state index in [0.29, 0.717) is 28.9 Å². The lowest BCUT2D eigenvalue weighted by Gasteiger charge is -2.13. The van der Waals surface area contributed by atoms with Gasteiger partial charge < -0.3 is 4.74 Å². The molecule has 2 aromatic heterocycles. The zero-order chi connectivity index (χ0) is 20.2. The summed E-state index contributed by atoms with van der Waals surface area (Å²) in [6.07, 6.45) is 0.596. The minimum atomic E-state index is -0.348. The lowest BCUT2D eigenvalue weighted by molar-refractivity contribution is 0.295. The Balaban J connectivity index is 1.59. The van der Waals surface area contributed by atoms with Crippen molar-refractivity contribution in [1.82, 2.24) is 9.13 Å². The standard InChI is InChI=1S/C22H19FN2O3S/c23-17-6-8-18(9-7-17)28-14-13-24-19-11-15-29-20(19)21(26)25(22(24)27)12-10-16-4-2-1-3-5-16/h1-9,11,15H,10,12-14H2. The Morgan fingerprint density at radius 2 is 1.66 bits per heavy atom. The topological polar surface area (TPSA) is 53.2 Å². The Hall–Kier alpha value is -3.19. The van der Waals surface area contributed by atoms with Gasteiger partial charge in [0.05, 0.1) is 12.1 Å². The van der Waals surface area contributed by atoms with Crippen LogP contribution in [0.15, 0.2) is 75.6 Å². The highest BCUT2D eigenvalue weighted by Gasteiger charge is 2.14. The number of nitrogens with zero attached hydrogens (tertiary/aromatic N) is 2. The summed E-state index contributed by atoms with van der Waals surface area (Å²) in [7, 11) is 0. The van der Waals surface area contributed by atoms with E-state index in [-0.39, 0.29) is 30.2 Å². The van der Waals surface area contributed by atoms with Crippen LogP contribution in [0.3, 0.4) is 0 Å². The van der Waals surface area contributed by atoms with E-state index in [1.807, 2.05) is 35.7 Å². The van der Waals surface area contributed by atoms with E-state index in [9.17, 15) is 14.0 Å². The van der Waals surface area contributed by atoms with Crippen LogP contribution in [0.25, 0.3) is 10.2 Å². The van der Waals surface area contributed by atoms with Crippen LogP contribution in [0.2, 0.25) is 0 Å². The van der Waals surface area contributed by atoms with Crippen LogP contribution in [0.4, 0.5) is 4.39 Å². The molecule has 0 fully saturated rings. The summed E-state index contributed by atoms with van der Waals surface area (Å²) < 4.78 is 22.1. The highest BCUT2D eigenvalue weighted by Crippen LogP contribution is 2.16. The van der Waals surface area contributed by atoms with Gasteiger partial charge in [-0.05, 0) is 47.7 Å². The van der Waals surface area contributed by atoms with E-state index in [0.717, 1.165) is 5.56 Å². The first kappa shape index (κ1) is 19.1. The SMILES string of the molecule is O=c1c2sccc2n(CCOc2ccc(F)cc2)c(=O)n1CCc1ccccc1. The van der Waals surface area contributed by atoms with Crippen molar-refractivity contribution in [2.45, 2.75) is 19.5 Å². The van der Waals surface area contributed by atoms with Gasteiger partial charge in [-0.2, -0.15) is 0 Å². The summed E-state index contributed by atoms with van der Waals surface area (Å²) in [6, 6.07) is 17.3. The van der Waals surface area contributed by atoms with Crippen molar-refractivity contribution in [3.63, 3.8) is 0 Å². The van der Waals surface area contributed by atoms with E-state index in [4.69, 9.17) is 4.74 Å². The lowest BCUT2D eigenvalue weighted by atomic mass is 10.1. The number of rotatable bonds is 7. The molecule has 0 saturated heterocycles. The fourth-order valence-electron chi connectivity index (χ4n) is 3.22. The van der Waals surface area contributed by atoms with Crippen LogP contribution >= 0.6 is 11.3 Å². The van der Waals surface area contributed by atoms with Gasteiger partial charge in [0, 0.05) is 6.54 Å². The number of aromatic nitrogens is 2. The highest BCUT2D eigenvalue weighted by molar-refractivity contribution is 7.17. The molecule has 0 aliphatic heterocycles. The third kappa shape index (κ3) is 4.14. The average Bonchev–Trinajstić information content (AvgIpc) is 3.22. The van der Waals surface area contributed by atoms with Gasteiger partial charge in [-0.3, -0.25) is 13.9 Å². The molecule has 2 aromatic carbocycles. The maximum atomic E-state index is 13.0. The van der Waals surface area contributed by atoms with E-state index in [1.165, 1.54) is 28.0 Å². The van der Waals surface area contributed by atoms with Crippen LogP contribution in [0, 0.1) is 5.82 Å². The minimum absolute atomic E-state index is 0.230. The Kier molecular flexibility index (Phi) is 5.57. The third-order valence-corrected chi connectivity index (χ3v) is 5.59. The van der Waals surface area contributed by atoms with Crippen LogP contribution in [-0.4, -0.2) is 15.7 Å². The zero-order valence-corrected chi connectivity index (χ0v) is 16.4. The maximum absolute atomic E-state index is 13.0. The quantitative estimate of drug-likeness (QED) is 0.467. The molecular formula is C22H19FN2O3S. The zero-order valence-electron chi connectivity index (χ0n) is 15.6. The molecule has 148 valence electrons. The monoisotopic (exact) mass is 410 g/mol. The van der Waals surface area contributed by atoms with Gasteiger partial charge in [-0.25, -0.2) is 9.18 Å². The molecular weight excluding hydrogens is 391 g/mol. The average molecular weight is 410 g/mol. The van der Waals surface area contributed by atoms with Crippen molar-refractivity contribution in [2.75, 3.05) is 6.61 Å². The second-order valence-electron chi connectivity index (χ2n) is 6.56. The number of thiophene rings is 1. The molecule has 0 spiro atoms. The van der Waals surface area contributed by atoms with Gasteiger partial charge in [-0.15, -0.1) is 11.3 Å². The van der Waals surface area contributed by atoms with Gasteiger partial charge in [0.1, 0.15) is 22.9 Å². The number of halogens is 1. The molecule has 5 nitrogen and oxygen atoms in total. The smallest absolute Gasteiger partial charge is 0.331 e. The van der Waals surface area contributed by atoms with Gasteiger partial charge in [0.2, 0.25) is 0 Å². The maximum Gasteiger partial charge on any atom is 0.331 e. The molecule has 0 N–H and O–H groups in total. The first-order valence-electron chi connectivity index (χ1n) is 9.26. The molecule has 0 aliphatic rings. The molecule has 0 amide bonds. The molecule has 29 heavy (non-hydrogen) atoms. The number of aryl methyl sites for hydroxylation is 1. The first-order chi connectivity index (χ1) is 14.1. The van der Waals surface area contributed by atoms with Gasteiger partial charge in [0.25, 0.3) is 5.56 Å². The number of hydrogen-bond acceptors (Lipinski definition) is 4. The van der Waals surface area contributed by atoms with E-state index in [2.05, 4.69) is 0 Å². The van der Waals surface area contributed by atoms with Crippen LogP contribution in [0.1, 0.15) is 5.56 Å². The van der Waals surface area contributed by atoms with Crippen LogP contribution in [0.5, 0.6) is 5.75 Å². The van der Waals surface area contributed by atoms with Crippen molar-refractivity contribution in [1.29, 1.82) is 0 Å². The van der Waals surface area contributed by atoms with Crippen molar-refractivity contribution in [3.05, 3.63) is 98.3 Å². The molecule has 0 unspecified atom stereocenters. The summed E-state index contributed by atoms with van der Waals surface area (Å²) in [5.41, 5.74) is 1.08. The fraction of sp³-hybridized carbons (Fsp3) is 0.182. The van der Waals surface area contributed by atoms with Crippen molar-refractivity contribution >= 4 is 21.6 Å². The predicted octanol–water partition coefficient (Wildman–Crippen LogP) is 3.69. The normalized spacial score (nSPS) is 11.1. The second kappa shape index (κ2) is 8.45. The molecule has 7 heteroatoms. The van der Waals surface area contributed by atoms with E-state index < -0.39 is 0 Å². The van der Waals surface area contributed by atoms with E-state index in [1.54, 1.807) is 22.8 Å². The van der Waals surface area contributed by atoms with Crippen molar-refractivity contribution in [2.24, 2.45) is 0 Å². The van der Waals surface area contributed by atoms with Crippen LogP contribution < -0.4 is 16.0 Å². The fourth-order valence-corrected chi connectivity index (χ4v) is 4.06. The Morgan fingerprint density at radius 3 is 2.41 bits per heavy atom. The number of benzene rings is 2. The number of fused-ring (bicyclic) bond motifs is 1. The summed E-state index contributed by atoms with van der Waals surface area (Å²) in [4.78, 5) is 25.8. The molecule has 2 heterocycles. The first-order valence-corrected chi connectivity index (χ1v) is 10.1. The Bertz CT molecular complexity index is 1230. The second-order valence-corrected chi connectivity index (χ2v) is 7.48. The molecule has 0 bridgehead atoms. The molecule has 0 atom stereocenters. The van der Waals surface area contributed by atoms with Crippen molar-refractivity contribution in [3.8, 4) is 5.75 Å². The molecule has 0 saturated carbocycles. The largest absolute Gasteiger partial charge is 0.492 e. The third-order valence-electron chi connectivity index (χ3n) is 4.70. The molecule has 0 aliphatic carbocycles. The number of ether oxygens (including phenoxy) is 1. The lowest BCUT2D eigenvalue weighted by Crippen LogP contribution is -2.40. The van der Waals surface area contributed by atoms with Gasteiger partial charge in [-0.1, -0.05) is 30.3 Å². The molecule has 0 radical (unpaired) electrons. The minimum Gasteiger partial charge on any atom is -0.492 e. The van der Waals surface area contributed by atoms with Gasteiger partial charge in [0.15, 0.2) is 0 Å². The highest BCUT2D eigenvalue weighted by atomic mass is 32.1. The summed E-state index contributed by atoms with van der Waals surface area (Å²) >= 11 is 1.33.